The predicted molar refractivity (Wildman–Crippen MR) is 81.3 cm³/mol. The van der Waals surface area contributed by atoms with Crippen LogP contribution in [0.4, 0.5) is 5.69 Å². The van der Waals surface area contributed by atoms with Gasteiger partial charge in [-0.2, -0.15) is 0 Å². The molecule has 1 atom stereocenters. The predicted octanol–water partition coefficient (Wildman–Crippen LogP) is 4.44. The zero-order valence-corrected chi connectivity index (χ0v) is 12.3. The summed E-state index contributed by atoms with van der Waals surface area (Å²) in [5.74, 6) is 0. The SMILES string of the molecule is CCCCCCC(C)(CN)Nc1ccc(Cl)cc1. The maximum absolute atomic E-state index is 5.91. The van der Waals surface area contributed by atoms with Crippen LogP contribution in [-0.4, -0.2) is 12.1 Å². The molecular formula is C15H25ClN2. The van der Waals surface area contributed by atoms with Gasteiger partial charge in [0.15, 0.2) is 0 Å². The zero-order chi connectivity index (χ0) is 13.4. The average molecular weight is 269 g/mol. The normalized spacial score (nSPS) is 14.2. The third-order valence-electron chi connectivity index (χ3n) is 3.32. The molecule has 0 saturated heterocycles. The van der Waals surface area contributed by atoms with Crippen molar-refractivity contribution in [3.8, 4) is 0 Å². The van der Waals surface area contributed by atoms with E-state index in [0.29, 0.717) is 6.54 Å². The van der Waals surface area contributed by atoms with Crippen LogP contribution < -0.4 is 11.1 Å². The monoisotopic (exact) mass is 268 g/mol. The lowest BCUT2D eigenvalue weighted by Gasteiger charge is -2.31. The number of halogens is 1. The molecule has 0 aromatic heterocycles. The van der Waals surface area contributed by atoms with Crippen molar-refractivity contribution in [3.63, 3.8) is 0 Å². The van der Waals surface area contributed by atoms with Gasteiger partial charge in [0.25, 0.3) is 0 Å². The van der Waals surface area contributed by atoms with E-state index in [1.807, 2.05) is 24.3 Å². The molecule has 1 unspecified atom stereocenters. The Balaban J connectivity index is 2.50. The molecule has 2 nitrogen and oxygen atoms in total. The molecular weight excluding hydrogens is 244 g/mol. The second kappa shape index (κ2) is 7.65. The largest absolute Gasteiger partial charge is 0.379 e. The van der Waals surface area contributed by atoms with Crippen LogP contribution in [0, 0.1) is 0 Å². The van der Waals surface area contributed by atoms with Crippen molar-refractivity contribution in [3.05, 3.63) is 29.3 Å². The van der Waals surface area contributed by atoms with Gasteiger partial charge in [-0.05, 0) is 37.6 Å². The van der Waals surface area contributed by atoms with Crippen molar-refractivity contribution in [1.82, 2.24) is 0 Å². The van der Waals surface area contributed by atoms with E-state index in [-0.39, 0.29) is 5.54 Å². The molecule has 102 valence electrons. The second-order valence-electron chi connectivity index (χ2n) is 5.21. The van der Waals surface area contributed by atoms with E-state index in [1.54, 1.807) is 0 Å². The first kappa shape index (κ1) is 15.3. The first-order chi connectivity index (χ1) is 8.59. The third kappa shape index (κ3) is 5.28. The highest BCUT2D eigenvalue weighted by molar-refractivity contribution is 6.30. The number of anilines is 1. The summed E-state index contributed by atoms with van der Waals surface area (Å²) in [5.41, 5.74) is 6.97. The summed E-state index contributed by atoms with van der Waals surface area (Å²) >= 11 is 5.88. The van der Waals surface area contributed by atoms with Crippen molar-refractivity contribution in [1.29, 1.82) is 0 Å². The fraction of sp³-hybridized carbons (Fsp3) is 0.600. The summed E-state index contributed by atoms with van der Waals surface area (Å²) in [6.45, 7) is 5.06. The molecule has 0 radical (unpaired) electrons. The smallest absolute Gasteiger partial charge is 0.0467 e. The molecule has 0 heterocycles. The van der Waals surface area contributed by atoms with Gasteiger partial charge in [0, 0.05) is 22.8 Å². The third-order valence-corrected chi connectivity index (χ3v) is 3.57. The molecule has 0 aliphatic rings. The van der Waals surface area contributed by atoms with E-state index in [0.717, 1.165) is 17.1 Å². The minimum Gasteiger partial charge on any atom is -0.379 e. The highest BCUT2D eigenvalue weighted by atomic mass is 35.5. The van der Waals surface area contributed by atoms with Gasteiger partial charge in [0.05, 0.1) is 0 Å². The van der Waals surface area contributed by atoms with Gasteiger partial charge in [0.1, 0.15) is 0 Å². The van der Waals surface area contributed by atoms with Gasteiger partial charge >= 0.3 is 0 Å². The van der Waals surface area contributed by atoms with Crippen molar-refractivity contribution < 1.29 is 0 Å². The second-order valence-corrected chi connectivity index (χ2v) is 5.64. The first-order valence-electron chi connectivity index (χ1n) is 6.83. The highest BCUT2D eigenvalue weighted by Crippen LogP contribution is 2.22. The fourth-order valence-electron chi connectivity index (χ4n) is 2.04. The lowest BCUT2D eigenvalue weighted by molar-refractivity contribution is 0.451. The van der Waals surface area contributed by atoms with Gasteiger partial charge in [-0.15, -0.1) is 0 Å². The number of hydrogen-bond donors (Lipinski definition) is 2. The van der Waals surface area contributed by atoms with Gasteiger partial charge in [-0.1, -0.05) is 44.2 Å². The van der Waals surface area contributed by atoms with E-state index in [4.69, 9.17) is 17.3 Å². The molecule has 0 aliphatic heterocycles. The van der Waals surface area contributed by atoms with Crippen LogP contribution in [0.5, 0.6) is 0 Å². The molecule has 0 saturated carbocycles. The summed E-state index contributed by atoms with van der Waals surface area (Å²) in [4.78, 5) is 0. The van der Waals surface area contributed by atoms with E-state index in [2.05, 4.69) is 19.2 Å². The van der Waals surface area contributed by atoms with Crippen LogP contribution in [0.1, 0.15) is 46.0 Å². The Kier molecular flexibility index (Phi) is 6.51. The number of unbranched alkanes of at least 4 members (excludes halogenated alkanes) is 3. The Labute approximate surface area is 116 Å². The Morgan fingerprint density at radius 2 is 1.83 bits per heavy atom. The maximum Gasteiger partial charge on any atom is 0.0467 e. The molecule has 0 fully saturated rings. The van der Waals surface area contributed by atoms with Gasteiger partial charge < -0.3 is 11.1 Å². The highest BCUT2D eigenvalue weighted by Gasteiger charge is 2.21. The standard InChI is InChI=1S/C15H25ClN2/c1-3-4-5-6-11-15(2,12-17)18-14-9-7-13(16)8-10-14/h7-10,18H,3-6,11-12,17H2,1-2H3. The molecule has 0 bridgehead atoms. The maximum atomic E-state index is 5.91. The van der Waals surface area contributed by atoms with Crippen molar-refractivity contribution in [2.24, 2.45) is 5.73 Å². The van der Waals surface area contributed by atoms with Gasteiger partial charge in [0.2, 0.25) is 0 Å². The molecule has 18 heavy (non-hydrogen) atoms. The number of rotatable bonds is 8. The van der Waals surface area contributed by atoms with E-state index in [9.17, 15) is 0 Å². The molecule has 0 spiro atoms. The van der Waals surface area contributed by atoms with E-state index < -0.39 is 0 Å². The summed E-state index contributed by atoms with van der Waals surface area (Å²) in [5, 5.41) is 4.29. The van der Waals surface area contributed by atoms with Crippen LogP contribution in [0.2, 0.25) is 5.02 Å². The number of nitrogens with two attached hydrogens (primary N) is 1. The van der Waals surface area contributed by atoms with Crippen molar-refractivity contribution >= 4 is 17.3 Å². The molecule has 0 amide bonds. The van der Waals surface area contributed by atoms with Crippen LogP contribution in [0.15, 0.2) is 24.3 Å². The topological polar surface area (TPSA) is 38.0 Å². The molecule has 1 rings (SSSR count). The van der Waals surface area contributed by atoms with E-state index in [1.165, 1.54) is 25.7 Å². The number of benzene rings is 1. The Morgan fingerprint density at radius 1 is 1.17 bits per heavy atom. The molecule has 0 aliphatic carbocycles. The lowest BCUT2D eigenvalue weighted by atomic mass is 9.93. The van der Waals surface area contributed by atoms with Crippen LogP contribution in [-0.2, 0) is 0 Å². The number of nitrogens with one attached hydrogen (secondary N) is 1. The number of hydrogen-bond acceptors (Lipinski definition) is 2. The quantitative estimate of drug-likeness (QED) is 0.684. The van der Waals surface area contributed by atoms with E-state index >= 15 is 0 Å². The van der Waals surface area contributed by atoms with Gasteiger partial charge in [-0.3, -0.25) is 0 Å². The Hall–Kier alpha value is -0.730. The minimum absolute atomic E-state index is 0.0262. The first-order valence-corrected chi connectivity index (χ1v) is 7.21. The molecule has 3 N–H and O–H groups in total. The minimum atomic E-state index is -0.0262. The van der Waals surface area contributed by atoms with Crippen LogP contribution in [0.3, 0.4) is 0 Å². The zero-order valence-electron chi connectivity index (χ0n) is 11.5. The summed E-state index contributed by atoms with van der Waals surface area (Å²) in [6.07, 6.45) is 6.19. The summed E-state index contributed by atoms with van der Waals surface area (Å²) < 4.78 is 0. The average Bonchev–Trinajstić information content (AvgIpc) is 2.38. The van der Waals surface area contributed by atoms with Crippen LogP contribution >= 0.6 is 11.6 Å². The van der Waals surface area contributed by atoms with Crippen molar-refractivity contribution in [2.75, 3.05) is 11.9 Å². The Bertz CT molecular complexity index is 337. The molecule has 1 aromatic rings. The van der Waals surface area contributed by atoms with Crippen LogP contribution in [0.25, 0.3) is 0 Å². The fourth-order valence-corrected chi connectivity index (χ4v) is 2.17. The molecule has 1 aromatic carbocycles. The van der Waals surface area contributed by atoms with Gasteiger partial charge in [-0.25, -0.2) is 0 Å². The lowest BCUT2D eigenvalue weighted by Crippen LogP contribution is -2.42. The summed E-state index contributed by atoms with van der Waals surface area (Å²) in [7, 11) is 0. The Morgan fingerprint density at radius 3 is 2.39 bits per heavy atom. The van der Waals surface area contributed by atoms with Crippen molar-refractivity contribution in [2.45, 2.75) is 51.5 Å². The molecule has 3 heteroatoms. The summed E-state index contributed by atoms with van der Waals surface area (Å²) in [6, 6.07) is 7.81.